The SMILES string of the molecule is CCC(C)=Cc1ccc2c(c1)N(S(=O)(=O)c1cccc(C(F)(F)F)c1)CC(CCC(=O)O)O2. The van der Waals surface area contributed by atoms with Gasteiger partial charge < -0.3 is 9.84 Å². The molecule has 1 heterocycles. The summed E-state index contributed by atoms with van der Waals surface area (Å²) in [5, 5.41) is 8.99. The molecule has 0 amide bonds. The average Bonchev–Trinajstić information content (AvgIpc) is 2.76. The number of alkyl halides is 3. The Morgan fingerprint density at radius 1 is 1.24 bits per heavy atom. The van der Waals surface area contributed by atoms with Gasteiger partial charge in [-0.05, 0) is 55.7 Å². The molecule has 10 heteroatoms. The highest BCUT2D eigenvalue weighted by Gasteiger charge is 2.37. The van der Waals surface area contributed by atoms with E-state index in [1.807, 2.05) is 19.9 Å². The van der Waals surface area contributed by atoms with Crippen LogP contribution in [0, 0.1) is 0 Å². The first-order valence-electron chi connectivity index (χ1n) is 10.3. The maximum Gasteiger partial charge on any atom is 0.416 e. The highest BCUT2D eigenvalue weighted by Crippen LogP contribution is 2.40. The quantitative estimate of drug-likeness (QED) is 0.575. The number of fused-ring (bicyclic) bond motifs is 1. The minimum absolute atomic E-state index is 0.0416. The number of aliphatic carboxylic acids is 1. The van der Waals surface area contributed by atoms with Crippen LogP contribution >= 0.6 is 0 Å². The molecule has 1 aliphatic rings. The lowest BCUT2D eigenvalue weighted by molar-refractivity contribution is -0.138. The molecule has 178 valence electrons. The van der Waals surface area contributed by atoms with Crippen LogP contribution in [0.25, 0.3) is 6.08 Å². The summed E-state index contributed by atoms with van der Waals surface area (Å²) >= 11 is 0. The molecule has 0 saturated carbocycles. The van der Waals surface area contributed by atoms with Gasteiger partial charge in [0.05, 0.1) is 22.7 Å². The molecule has 0 spiro atoms. The minimum Gasteiger partial charge on any atom is -0.486 e. The van der Waals surface area contributed by atoms with Crippen molar-refractivity contribution in [1.29, 1.82) is 0 Å². The summed E-state index contributed by atoms with van der Waals surface area (Å²) in [6, 6.07) is 8.49. The van der Waals surface area contributed by atoms with Gasteiger partial charge in [0.15, 0.2) is 0 Å². The summed E-state index contributed by atoms with van der Waals surface area (Å²) in [5.41, 5.74) is 0.884. The van der Waals surface area contributed by atoms with Crippen LogP contribution in [0.2, 0.25) is 0 Å². The van der Waals surface area contributed by atoms with E-state index in [1.165, 1.54) is 0 Å². The number of carboxylic acids is 1. The Balaban J connectivity index is 2.09. The summed E-state index contributed by atoms with van der Waals surface area (Å²) in [5.74, 6) is -0.842. The Morgan fingerprint density at radius 2 is 1.97 bits per heavy atom. The van der Waals surface area contributed by atoms with E-state index in [0.29, 0.717) is 11.6 Å². The standard InChI is InChI=1S/C23H24F3NO5S/c1-3-15(2)11-16-7-9-21-20(12-16)27(14-18(32-21)8-10-22(28)29)33(30,31)19-6-4-5-17(13-19)23(24,25)26/h4-7,9,11-13,18H,3,8,10,14H2,1-2H3,(H,28,29). The summed E-state index contributed by atoms with van der Waals surface area (Å²) in [7, 11) is -4.40. The number of rotatable bonds is 7. The largest absolute Gasteiger partial charge is 0.486 e. The summed E-state index contributed by atoms with van der Waals surface area (Å²) in [4.78, 5) is 10.5. The number of anilines is 1. The van der Waals surface area contributed by atoms with E-state index in [0.717, 1.165) is 34.5 Å². The Bertz CT molecular complexity index is 1170. The lowest BCUT2D eigenvalue weighted by Gasteiger charge is -2.35. The van der Waals surface area contributed by atoms with E-state index in [2.05, 4.69) is 0 Å². The van der Waals surface area contributed by atoms with Crippen molar-refractivity contribution in [3.63, 3.8) is 0 Å². The summed E-state index contributed by atoms with van der Waals surface area (Å²) < 4.78 is 73.4. The van der Waals surface area contributed by atoms with E-state index in [9.17, 15) is 26.4 Å². The zero-order chi connectivity index (χ0) is 24.4. The topological polar surface area (TPSA) is 83.9 Å². The molecule has 1 aliphatic heterocycles. The molecule has 33 heavy (non-hydrogen) atoms. The zero-order valence-electron chi connectivity index (χ0n) is 18.1. The van der Waals surface area contributed by atoms with Crippen LogP contribution in [-0.2, 0) is 21.0 Å². The number of ether oxygens (including phenoxy) is 1. The number of sulfonamides is 1. The van der Waals surface area contributed by atoms with Crippen LogP contribution < -0.4 is 9.04 Å². The highest BCUT2D eigenvalue weighted by molar-refractivity contribution is 7.92. The van der Waals surface area contributed by atoms with Gasteiger partial charge in [0.1, 0.15) is 11.9 Å². The van der Waals surface area contributed by atoms with E-state index in [-0.39, 0.29) is 30.8 Å². The predicted octanol–water partition coefficient (Wildman–Crippen LogP) is 5.34. The van der Waals surface area contributed by atoms with Gasteiger partial charge in [-0.15, -0.1) is 0 Å². The fourth-order valence-corrected chi connectivity index (χ4v) is 4.97. The molecule has 0 fully saturated rings. The molecule has 1 atom stereocenters. The van der Waals surface area contributed by atoms with E-state index < -0.39 is 38.7 Å². The Hall–Kier alpha value is -3.01. The molecule has 1 N–H and O–H groups in total. The van der Waals surface area contributed by atoms with Crippen LogP contribution in [-0.4, -0.2) is 32.1 Å². The van der Waals surface area contributed by atoms with Gasteiger partial charge >= 0.3 is 12.1 Å². The zero-order valence-corrected chi connectivity index (χ0v) is 18.9. The van der Waals surface area contributed by atoms with Crippen molar-refractivity contribution in [3.05, 3.63) is 59.2 Å². The predicted molar refractivity (Wildman–Crippen MR) is 118 cm³/mol. The second-order valence-corrected chi connectivity index (χ2v) is 9.67. The number of carboxylic acid groups (broad SMARTS) is 1. The van der Waals surface area contributed by atoms with Crippen LogP contribution in [0.4, 0.5) is 18.9 Å². The molecule has 0 saturated heterocycles. The first kappa shape index (κ1) is 24.6. The number of nitrogens with zero attached hydrogens (tertiary/aromatic N) is 1. The smallest absolute Gasteiger partial charge is 0.416 e. The van der Waals surface area contributed by atoms with Gasteiger partial charge in [0.2, 0.25) is 0 Å². The molecule has 2 aromatic rings. The molecule has 0 aromatic heterocycles. The third-order valence-electron chi connectivity index (χ3n) is 5.32. The summed E-state index contributed by atoms with van der Waals surface area (Å²) in [6.45, 7) is 3.68. The molecular formula is C23H24F3NO5S. The van der Waals surface area contributed by atoms with E-state index in [4.69, 9.17) is 9.84 Å². The third-order valence-corrected chi connectivity index (χ3v) is 7.09. The molecule has 0 radical (unpaired) electrons. The Kier molecular flexibility index (Phi) is 7.06. The van der Waals surface area contributed by atoms with Crippen molar-refractivity contribution in [2.45, 2.75) is 50.3 Å². The number of hydrogen-bond donors (Lipinski definition) is 1. The highest BCUT2D eigenvalue weighted by atomic mass is 32.2. The number of carbonyl (C=O) groups is 1. The van der Waals surface area contributed by atoms with Gasteiger partial charge in [0, 0.05) is 6.42 Å². The van der Waals surface area contributed by atoms with Crippen molar-refractivity contribution in [3.8, 4) is 5.75 Å². The Labute approximate surface area is 190 Å². The molecule has 0 aliphatic carbocycles. The second-order valence-electron chi connectivity index (χ2n) is 7.81. The van der Waals surface area contributed by atoms with Crippen molar-refractivity contribution in [2.75, 3.05) is 10.8 Å². The molecule has 2 aromatic carbocycles. The summed E-state index contributed by atoms with van der Waals surface area (Å²) in [6.07, 6.45) is -3.00. The lowest BCUT2D eigenvalue weighted by Crippen LogP contribution is -2.43. The van der Waals surface area contributed by atoms with Gasteiger partial charge in [-0.25, -0.2) is 8.42 Å². The molecular weight excluding hydrogens is 459 g/mol. The van der Waals surface area contributed by atoms with Gasteiger partial charge in [-0.2, -0.15) is 13.2 Å². The number of benzene rings is 2. The van der Waals surface area contributed by atoms with Crippen molar-refractivity contribution < 1.29 is 36.2 Å². The fourth-order valence-electron chi connectivity index (χ4n) is 3.43. The number of allylic oxidation sites excluding steroid dienone is 1. The van der Waals surface area contributed by atoms with E-state index >= 15 is 0 Å². The molecule has 3 rings (SSSR count). The molecule has 0 bridgehead atoms. The van der Waals surface area contributed by atoms with Crippen LogP contribution in [0.15, 0.2) is 52.9 Å². The number of hydrogen-bond acceptors (Lipinski definition) is 4. The maximum atomic E-state index is 13.5. The fraction of sp³-hybridized carbons (Fsp3) is 0.348. The van der Waals surface area contributed by atoms with E-state index in [1.54, 1.807) is 18.2 Å². The van der Waals surface area contributed by atoms with Crippen molar-refractivity contribution >= 4 is 27.8 Å². The maximum absolute atomic E-state index is 13.5. The van der Waals surface area contributed by atoms with Crippen molar-refractivity contribution in [2.24, 2.45) is 0 Å². The lowest BCUT2D eigenvalue weighted by atomic mass is 10.1. The third kappa shape index (κ3) is 5.68. The average molecular weight is 484 g/mol. The van der Waals surface area contributed by atoms with Gasteiger partial charge in [-0.1, -0.05) is 30.7 Å². The second kappa shape index (κ2) is 9.46. The van der Waals surface area contributed by atoms with Crippen LogP contribution in [0.3, 0.4) is 0 Å². The monoisotopic (exact) mass is 483 g/mol. The Morgan fingerprint density at radius 3 is 2.61 bits per heavy atom. The van der Waals surface area contributed by atoms with Gasteiger partial charge in [-0.3, -0.25) is 9.10 Å². The van der Waals surface area contributed by atoms with Crippen LogP contribution in [0.5, 0.6) is 5.75 Å². The molecule has 6 nitrogen and oxygen atoms in total. The number of halogens is 3. The van der Waals surface area contributed by atoms with Gasteiger partial charge in [0.25, 0.3) is 10.0 Å². The first-order valence-corrected chi connectivity index (χ1v) is 11.8. The van der Waals surface area contributed by atoms with Crippen LogP contribution in [0.1, 0.15) is 44.2 Å². The normalized spacial score (nSPS) is 16.8. The minimum atomic E-state index is -4.70. The first-order chi connectivity index (χ1) is 15.4. The molecule has 1 unspecified atom stereocenters. The van der Waals surface area contributed by atoms with Crippen molar-refractivity contribution in [1.82, 2.24) is 0 Å².